The number of benzene rings is 1. The maximum atomic E-state index is 13.0. The van der Waals surface area contributed by atoms with Crippen LogP contribution in [0.15, 0.2) is 59.6 Å². The van der Waals surface area contributed by atoms with E-state index in [9.17, 15) is 9.00 Å². The Balaban J connectivity index is 1.70. The second-order valence-electron chi connectivity index (χ2n) is 6.50. The molecule has 7 nitrogen and oxygen atoms in total. The van der Waals surface area contributed by atoms with Crippen molar-refractivity contribution in [1.82, 2.24) is 15.0 Å². The van der Waals surface area contributed by atoms with E-state index >= 15 is 0 Å². The topological polar surface area (TPSA) is 85.3 Å². The van der Waals surface area contributed by atoms with Crippen molar-refractivity contribution < 1.29 is 13.7 Å². The fourth-order valence-corrected chi connectivity index (χ4v) is 4.30. The van der Waals surface area contributed by atoms with E-state index in [0.29, 0.717) is 40.9 Å². The summed E-state index contributed by atoms with van der Waals surface area (Å²) in [4.78, 5) is 27.6. The number of carbonyl (C=O) groups excluding carboxylic acids is 1. The molecule has 0 N–H and O–H groups in total. The number of hydrogen-bond donors (Lipinski definition) is 0. The second kappa shape index (κ2) is 9.02. The number of aromatic nitrogens is 3. The Labute approximate surface area is 171 Å². The molecular formula is C21H20N4O3S. The minimum atomic E-state index is -1.41. The number of pyridine rings is 1. The van der Waals surface area contributed by atoms with Crippen molar-refractivity contribution >= 4 is 22.9 Å². The first-order valence-corrected chi connectivity index (χ1v) is 10.6. The molecule has 2 aromatic heterocycles. The van der Waals surface area contributed by atoms with Gasteiger partial charge in [-0.05, 0) is 18.2 Å². The Morgan fingerprint density at radius 3 is 2.62 bits per heavy atom. The summed E-state index contributed by atoms with van der Waals surface area (Å²) in [6.07, 6.45) is 2.42. The Hall–Kier alpha value is -2.97. The van der Waals surface area contributed by atoms with Crippen molar-refractivity contribution in [1.29, 1.82) is 0 Å². The van der Waals surface area contributed by atoms with Crippen LogP contribution >= 0.6 is 0 Å². The first-order valence-electron chi connectivity index (χ1n) is 9.29. The number of ether oxygens (including phenoxy) is 1. The van der Waals surface area contributed by atoms with Crippen molar-refractivity contribution in [3.8, 4) is 11.5 Å². The molecule has 29 heavy (non-hydrogen) atoms. The number of aldehydes is 1. The molecule has 0 amide bonds. The summed E-state index contributed by atoms with van der Waals surface area (Å²) >= 11 is 0. The highest BCUT2D eigenvalue weighted by Gasteiger charge is 2.18. The number of nitrogens with zero attached hydrogens (tertiary/aromatic N) is 4. The van der Waals surface area contributed by atoms with Crippen molar-refractivity contribution in [3.63, 3.8) is 0 Å². The smallest absolute Gasteiger partial charge is 0.180 e. The van der Waals surface area contributed by atoms with Gasteiger partial charge < -0.3 is 9.64 Å². The van der Waals surface area contributed by atoms with Gasteiger partial charge in [0.05, 0.1) is 35.5 Å². The molecule has 4 rings (SSSR count). The van der Waals surface area contributed by atoms with Crippen LogP contribution in [0.4, 0.5) is 5.82 Å². The third kappa shape index (κ3) is 4.55. The van der Waals surface area contributed by atoms with Gasteiger partial charge in [-0.25, -0.2) is 9.97 Å². The number of carbonyl (C=O) groups is 1. The highest BCUT2D eigenvalue weighted by Crippen LogP contribution is 2.22. The van der Waals surface area contributed by atoms with Gasteiger partial charge in [0.1, 0.15) is 11.5 Å². The number of morpholine rings is 1. The normalized spacial score (nSPS) is 15.1. The molecule has 8 heteroatoms. The molecule has 0 aliphatic carbocycles. The zero-order chi connectivity index (χ0) is 20.1. The molecule has 0 saturated carbocycles. The minimum Gasteiger partial charge on any atom is -0.378 e. The fourth-order valence-electron chi connectivity index (χ4n) is 3.12. The molecule has 1 unspecified atom stereocenters. The van der Waals surface area contributed by atoms with Gasteiger partial charge in [-0.3, -0.25) is 14.0 Å². The zero-order valence-corrected chi connectivity index (χ0v) is 16.5. The van der Waals surface area contributed by atoms with Gasteiger partial charge in [0.2, 0.25) is 0 Å². The van der Waals surface area contributed by atoms with Gasteiger partial charge in [-0.15, -0.1) is 0 Å². The summed E-state index contributed by atoms with van der Waals surface area (Å²) in [7, 11) is -1.41. The Kier molecular flexibility index (Phi) is 6.02. The standard InChI is InChI=1S/C21H20N4O3S/c26-14-16-5-1-2-7-19(16)29(27)15-17-13-20(25-9-11-28-12-10-25)24-21(23-17)18-6-3-4-8-22-18/h1-8,13-14H,9-12,15H2. The predicted molar refractivity (Wildman–Crippen MR) is 110 cm³/mol. The van der Waals surface area contributed by atoms with Gasteiger partial charge >= 0.3 is 0 Å². The maximum Gasteiger partial charge on any atom is 0.180 e. The van der Waals surface area contributed by atoms with E-state index in [4.69, 9.17) is 4.74 Å². The van der Waals surface area contributed by atoms with Gasteiger partial charge in [0, 0.05) is 35.8 Å². The van der Waals surface area contributed by atoms with E-state index in [1.165, 1.54) is 0 Å². The Morgan fingerprint density at radius 2 is 1.86 bits per heavy atom. The van der Waals surface area contributed by atoms with E-state index in [0.717, 1.165) is 25.2 Å². The molecule has 0 radical (unpaired) electrons. The molecule has 3 heterocycles. The molecule has 1 aliphatic heterocycles. The summed E-state index contributed by atoms with van der Waals surface area (Å²) in [6, 6.07) is 14.3. The van der Waals surface area contributed by atoms with Crippen molar-refractivity contribution in [2.75, 3.05) is 31.2 Å². The Bertz CT molecular complexity index is 1020. The first kappa shape index (κ1) is 19.4. The molecule has 1 atom stereocenters. The van der Waals surface area contributed by atoms with Crippen molar-refractivity contribution in [3.05, 3.63) is 66.0 Å². The lowest BCUT2D eigenvalue weighted by Crippen LogP contribution is -2.37. The number of hydrogen-bond acceptors (Lipinski definition) is 7. The molecule has 1 fully saturated rings. The third-order valence-corrected chi connectivity index (χ3v) is 5.99. The summed E-state index contributed by atoms with van der Waals surface area (Å²) in [5.74, 6) is 1.44. The van der Waals surface area contributed by atoms with E-state index in [2.05, 4.69) is 19.9 Å². The summed E-state index contributed by atoms with van der Waals surface area (Å²) in [6.45, 7) is 2.73. The van der Waals surface area contributed by atoms with E-state index in [-0.39, 0.29) is 5.75 Å². The summed E-state index contributed by atoms with van der Waals surface area (Å²) < 4.78 is 18.4. The van der Waals surface area contributed by atoms with Gasteiger partial charge in [-0.2, -0.15) is 0 Å². The third-order valence-electron chi connectivity index (χ3n) is 4.56. The van der Waals surface area contributed by atoms with E-state index in [1.54, 1.807) is 30.5 Å². The maximum absolute atomic E-state index is 13.0. The van der Waals surface area contributed by atoms with Crippen LogP contribution in [-0.4, -0.2) is 51.8 Å². The quantitative estimate of drug-likeness (QED) is 0.579. The monoisotopic (exact) mass is 408 g/mol. The number of anilines is 1. The van der Waals surface area contributed by atoms with E-state index in [1.807, 2.05) is 24.3 Å². The molecule has 0 spiro atoms. The SMILES string of the molecule is O=Cc1ccccc1S(=O)Cc1cc(N2CCOCC2)nc(-c2ccccn2)n1. The van der Waals surface area contributed by atoms with Gasteiger partial charge in [0.25, 0.3) is 0 Å². The molecule has 3 aromatic rings. The molecular weight excluding hydrogens is 388 g/mol. The summed E-state index contributed by atoms with van der Waals surface area (Å²) in [5, 5.41) is 0. The van der Waals surface area contributed by atoms with Crippen LogP contribution in [0.2, 0.25) is 0 Å². The minimum absolute atomic E-state index is 0.185. The highest BCUT2D eigenvalue weighted by atomic mass is 32.2. The summed E-state index contributed by atoms with van der Waals surface area (Å²) in [5.41, 5.74) is 1.72. The van der Waals surface area contributed by atoms with Gasteiger partial charge in [-0.1, -0.05) is 24.3 Å². The fraction of sp³-hybridized carbons (Fsp3) is 0.238. The van der Waals surface area contributed by atoms with Crippen LogP contribution in [0.5, 0.6) is 0 Å². The number of rotatable bonds is 6. The average molecular weight is 408 g/mol. The van der Waals surface area contributed by atoms with Crippen LogP contribution in [0.3, 0.4) is 0 Å². The van der Waals surface area contributed by atoms with Crippen LogP contribution in [-0.2, 0) is 21.3 Å². The molecule has 1 aromatic carbocycles. The first-order chi connectivity index (χ1) is 14.2. The lowest BCUT2D eigenvalue weighted by molar-refractivity contribution is 0.112. The highest BCUT2D eigenvalue weighted by molar-refractivity contribution is 7.84. The van der Waals surface area contributed by atoms with Crippen LogP contribution in [0.1, 0.15) is 16.1 Å². The van der Waals surface area contributed by atoms with Crippen LogP contribution in [0, 0.1) is 0 Å². The van der Waals surface area contributed by atoms with Crippen molar-refractivity contribution in [2.45, 2.75) is 10.6 Å². The second-order valence-corrected chi connectivity index (χ2v) is 7.92. The lowest BCUT2D eigenvalue weighted by Gasteiger charge is -2.28. The van der Waals surface area contributed by atoms with Gasteiger partial charge in [0.15, 0.2) is 12.1 Å². The van der Waals surface area contributed by atoms with Crippen LogP contribution < -0.4 is 4.90 Å². The average Bonchev–Trinajstić information content (AvgIpc) is 2.80. The van der Waals surface area contributed by atoms with Crippen LogP contribution in [0.25, 0.3) is 11.5 Å². The van der Waals surface area contributed by atoms with Crippen molar-refractivity contribution in [2.24, 2.45) is 0 Å². The zero-order valence-electron chi connectivity index (χ0n) is 15.7. The van der Waals surface area contributed by atoms with E-state index < -0.39 is 10.8 Å². The molecule has 148 valence electrons. The Morgan fingerprint density at radius 1 is 1.07 bits per heavy atom. The predicted octanol–water partition coefficient (Wildman–Crippen LogP) is 2.50. The molecule has 1 aliphatic rings. The molecule has 1 saturated heterocycles. The molecule has 0 bridgehead atoms. The largest absolute Gasteiger partial charge is 0.378 e. The lowest BCUT2D eigenvalue weighted by atomic mass is 10.2.